The molecular weight excluding hydrogens is 1070 g/mol. The molecule has 0 amide bonds. The quantitative estimate of drug-likeness (QED) is 0.0996. The molecule has 0 spiro atoms. The van der Waals surface area contributed by atoms with Gasteiger partial charge in [-0.05, 0) is 135 Å². The van der Waals surface area contributed by atoms with E-state index in [0.717, 1.165) is 34.6 Å². The van der Waals surface area contributed by atoms with Crippen molar-refractivity contribution in [2.45, 2.75) is 39.4 Å². The van der Waals surface area contributed by atoms with Crippen LogP contribution >= 0.6 is 12.4 Å². The van der Waals surface area contributed by atoms with Crippen molar-refractivity contribution in [2.75, 3.05) is 0 Å². The number of halogens is 7. The fraction of sp³-hybridized carbons (Fsp3) is 0.0968. The number of rotatable bonds is 10. The molecule has 2 N–H and O–H groups in total. The molecule has 404 valence electrons. The van der Waals surface area contributed by atoms with Crippen molar-refractivity contribution < 1.29 is 35.8 Å². The Morgan fingerprint density at radius 2 is 0.753 bits per heavy atom. The molecule has 0 saturated heterocycles. The van der Waals surface area contributed by atoms with E-state index >= 15 is 0 Å². The summed E-state index contributed by atoms with van der Waals surface area (Å²) in [5.74, 6) is 11.3. The number of aromatic nitrogens is 8. The molecule has 4 aromatic heterocycles. The molecule has 0 atom stereocenters. The van der Waals surface area contributed by atoms with Crippen LogP contribution in [0.15, 0.2) is 192 Å². The molecule has 0 radical (unpaired) electrons. The number of benzene rings is 6. The maximum absolute atomic E-state index is 14.1. The summed E-state index contributed by atoms with van der Waals surface area (Å²) in [4.78, 5) is 54.8. The smallest absolute Gasteiger partial charge is 0.417 e. The molecule has 4 heterocycles. The second kappa shape index (κ2) is 25.5. The molecule has 0 unspecified atom stereocenters. The number of aromatic amines is 2. The number of aryl methyl sites for hydroxylation is 2. The topological polar surface area (TPSA) is 162 Å². The van der Waals surface area contributed by atoms with Crippen LogP contribution in [0.1, 0.15) is 56.2 Å². The molecule has 0 aliphatic rings. The first-order valence-corrected chi connectivity index (χ1v) is 24.4. The Balaban J connectivity index is 0.000000210. The molecule has 6 aromatic carbocycles. The van der Waals surface area contributed by atoms with Crippen LogP contribution in [0.5, 0.6) is 11.5 Å². The number of pyridine rings is 2. The van der Waals surface area contributed by atoms with E-state index in [4.69, 9.17) is 9.47 Å². The van der Waals surface area contributed by atoms with Gasteiger partial charge in [0.15, 0.2) is 11.6 Å². The van der Waals surface area contributed by atoms with Crippen LogP contribution in [0.4, 0.5) is 26.3 Å². The average Bonchev–Trinajstić information content (AvgIpc) is 3.46. The third-order valence-electron chi connectivity index (χ3n) is 11.6. The largest absolute Gasteiger partial charge is 0.487 e. The summed E-state index contributed by atoms with van der Waals surface area (Å²) in [7, 11) is 0. The van der Waals surface area contributed by atoms with E-state index in [2.05, 4.69) is 63.6 Å². The third kappa shape index (κ3) is 15.1. The van der Waals surface area contributed by atoms with Crippen molar-refractivity contribution in [3.05, 3.63) is 259 Å². The van der Waals surface area contributed by atoms with Crippen LogP contribution in [0.3, 0.4) is 0 Å². The number of nitrogens with zero attached hydrogens (tertiary/aromatic N) is 6. The first kappa shape index (κ1) is 57.0. The van der Waals surface area contributed by atoms with Crippen LogP contribution < -0.4 is 20.9 Å². The lowest BCUT2D eigenvalue weighted by Gasteiger charge is -2.17. The number of hydrogen-bond donors (Lipinski definition) is 2. The van der Waals surface area contributed by atoms with Crippen molar-refractivity contribution >= 4 is 12.4 Å². The molecule has 81 heavy (non-hydrogen) atoms. The van der Waals surface area contributed by atoms with E-state index < -0.39 is 46.0 Å². The van der Waals surface area contributed by atoms with Gasteiger partial charge in [-0.3, -0.25) is 19.9 Å². The third-order valence-corrected chi connectivity index (χ3v) is 11.6. The number of alkyl halides is 6. The number of hydrogen-bond acceptors (Lipinski definition) is 10. The van der Waals surface area contributed by atoms with Crippen molar-refractivity contribution in [1.29, 1.82) is 0 Å². The first-order valence-electron chi connectivity index (χ1n) is 24.4. The Labute approximate surface area is 465 Å². The maximum Gasteiger partial charge on any atom is 0.417 e. The molecule has 0 bridgehead atoms. The van der Waals surface area contributed by atoms with E-state index in [1.807, 2.05) is 60.7 Å². The Morgan fingerprint density at radius 3 is 1.10 bits per heavy atom. The molecule has 10 aromatic rings. The summed E-state index contributed by atoms with van der Waals surface area (Å²) in [6.45, 7) is 3.44. The lowest BCUT2D eigenvalue weighted by Crippen LogP contribution is -2.17. The van der Waals surface area contributed by atoms with E-state index in [1.54, 1.807) is 98.8 Å². The van der Waals surface area contributed by atoms with Gasteiger partial charge in [0.05, 0.1) is 33.6 Å². The van der Waals surface area contributed by atoms with Crippen LogP contribution in [-0.4, -0.2) is 39.9 Å². The summed E-state index contributed by atoms with van der Waals surface area (Å²) in [5, 5.41) is 0. The number of H-pyrrole nitrogens is 2. The van der Waals surface area contributed by atoms with Gasteiger partial charge < -0.3 is 9.47 Å². The Hall–Kier alpha value is -10.2. The number of nitrogens with one attached hydrogen (secondary N) is 2. The van der Waals surface area contributed by atoms with E-state index in [1.165, 1.54) is 24.3 Å². The Bertz CT molecular complexity index is 3820. The van der Waals surface area contributed by atoms with Crippen LogP contribution in [0.25, 0.3) is 45.6 Å². The van der Waals surface area contributed by atoms with Gasteiger partial charge in [-0.25, -0.2) is 19.6 Å². The van der Waals surface area contributed by atoms with Crippen molar-refractivity contribution in [1.82, 2.24) is 39.9 Å². The van der Waals surface area contributed by atoms with Crippen molar-refractivity contribution in [3.63, 3.8) is 0 Å². The Kier molecular flexibility index (Phi) is 18.0. The Morgan fingerprint density at radius 1 is 0.407 bits per heavy atom. The van der Waals surface area contributed by atoms with Crippen LogP contribution in [0.2, 0.25) is 0 Å². The van der Waals surface area contributed by atoms with Crippen LogP contribution in [0, 0.1) is 37.5 Å². The molecule has 19 heteroatoms. The zero-order valence-electron chi connectivity index (χ0n) is 42.7. The zero-order chi connectivity index (χ0) is 56.2. The van der Waals surface area contributed by atoms with Gasteiger partial charge in [-0.1, -0.05) is 84.3 Å². The van der Waals surface area contributed by atoms with Crippen molar-refractivity contribution in [3.8, 4) is 80.7 Å². The summed E-state index contributed by atoms with van der Waals surface area (Å²) in [5.41, 5.74) is 2.06. The van der Waals surface area contributed by atoms with Gasteiger partial charge in [0, 0.05) is 44.8 Å². The van der Waals surface area contributed by atoms with Gasteiger partial charge in [0.25, 0.3) is 0 Å². The maximum atomic E-state index is 14.1. The summed E-state index contributed by atoms with van der Waals surface area (Å²) in [6, 6.07) is 50.1. The molecule has 12 nitrogen and oxygen atoms in total. The molecule has 0 saturated carbocycles. The van der Waals surface area contributed by atoms with E-state index in [0.29, 0.717) is 33.6 Å². The fourth-order valence-corrected chi connectivity index (χ4v) is 7.93. The van der Waals surface area contributed by atoms with Crippen LogP contribution in [-0.2, 0) is 25.6 Å². The molecule has 0 fully saturated rings. The normalized spacial score (nSPS) is 10.9. The van der Waals surface area contributed by atoms with Gasteiger partial charge >= 0.3 is 23.7 Å². The predicted octanol–water partition coefficient (Wildman–Crippen LogP) is 12.8. The summed E-state index contributed by atoms with van der Waals surface area (Å²) < 4.78 is 96.0. The molecular formula is C62H43ClF6N8O4. The van der Waals surface area contributed by atoms with Gasteiger partial charge in [0.2, 0.25) is 0 Å². The summed E-state index contributed by atoms with van der Waals surface area (Å²) >= 11 is 0. The van der Waals surface area contributed by atoms with Gasteiger partial charge in [0.1, 0.15) is 36.4 Å². The first-order chi connectivity index (χ1) is 38.5. The van der Waals surface area contributed by atoms with Gasteiger partial charge in [-0.15, -0.1) is 12.4 Å². The minimum atomic E-state index is -4.74. The van der Waals surface area contributed by atoms with Gasteiger partial charge in [-0.2, -0.15) is 36.3 Å². The van der Waals surface area contributed by atoms with E-state index in [-0.39, 0.29) is 60.4 Å². The fourth-order valence-electron chi connectivity index (χ4n) is 7.93. The highest BCUT2D eigenvalue weighted by atomic mass is 35.5. The highest BCUT2D eigenvalue weighted by Crippen LogP contribution is 2.43. The average molecular weight is 1110 g/mol. The highest BCUT2D eigenvalue weighted by Gasteiger charge is 2.37. The number of ether oxygens (including phenoxy) is 2. The highest BCUT2D eigenvalue weighted by molar-refractivity contribution is 5.85. The van der Waals surface area contributed by atoms with E-state index in [9.17, 15) is 35.9 Å². The van der Waals surface area contributed by atoms with Crippen molar-refractivity contribution in [2.24, 2.45) is 0 Å². The predicted molar refractivity (Wildman–Crippen MR) is 296 cm³/mol. The molecule has 0 aliphatic heterocycles. The monoisotopic (exact) mass is 1110 g/mol. The minimum Gasteiger partial charge on any atom is -0.487 e. The standard InChI is InChI=1S/2C31H21F3N4O2.ClH/c2*1-20-7-5-10-24(35-20)19-40-26-12-6-11-25(31(32,33)34)27(26)29-36-28(37-30(39)38-29)23-17-15-22(16-18-23)14-13-21-8-3-2-4-9-21;/h2*2-12,15-18H,19H2,1H3,(H,36,37,38,39);1H. The molecule has 10 rings (SSSR count). The minimum absolute atomic E-state index is 0. The lowest BCUT2D eigenvalue weighted by atomic mass is 10.0. The second-order valence-electron chi connectivity index (χ2n) is 17.5. The lowest BCUT2D eigenvalue weighted by molar-refractivity contribution is -0.138. The second-order valence-corrected chi connectivity index (χ2v) is 17.5. The summed E-state index contributed by atoms with van der Waals surface area (Å²) in [6.07, 6.45) is -9.48. The zero-order valence-corrected chi connectivity index (χ0v) is 43.5. The SMILES string of the molecule is Cc1cccc(COc2cccc(C(F)(F)F)c2-c2nc(-c3ccc(C#Cc4ccccc4)cc3)nc(=O)[nH]2)n1.Cc1cccc(COc2cccc(C(F)(F)F)c2-c2nc(-c3ccc(C#Cc4ccccc4)cc3)nc(=O)[nH]2)n1.Cl. The molecule has 0 aliphatic carbocycles.